The van der Waals surface area contributed by atoms with E-state index >= 15 is 0 Å². The largest absolute Gasteiger partial charge is 0.508 e. The minimum atomic E-state index is -0.527. The molecule has 1 N–H and O–H groups in total. The quantitative estimate of drug-likeness (QED) is 0.429. The molecule has 1 rings (SSSR count). The van der Waals surface area contributed by atoms with E-state index in [1.54, 1.807) is 42.8 Å². The molecule has 0 saturated heterocycles. The van der Waals surface area contributed by atoms with E-state index in [-0.39, 0.29) is 5.75 Å². The van der Waals surface area contributed by atoms with Gasteiger partial charge in [0.1, 0.15) is 5.75 Å². The van der Waals surface area contributed by atoms with Crippen LogP contribution in [-0.4, -0.2) is 29.8 Å². The molecule has 0 bridgehead atoms. The third-order valence-electron chi connectivity index (χ3n) is 4.46. The van der Waals surface area contributed by atoms with Gasteiger partial charge in [0.25, 0.3) is 0 Å². The van der Waals surface area contributed by atoms with E-state index in [4.69, 9.17) is 16.7 Å². The van der Waals surface area contributed by atoms with Gasteiger partial charge in [-0.05, 0) is 50.5 Å². The van der Waals surface area contributed by atoms with Gasteiger partial charge in [0.05, 0.1) is 24.6 Å². The van der Waals surface area contributed by atoms with Crippen LogP contribution in [0.4, 0.5) is 0 Å². The highest BCUT2D eigenvalue weighted by Gasteiger charge is 2.32. The molecule has 0 aliphatic heterocycles. The van der Waals surface area contributed by atoms with E-state index in [0.717, 1.165) is 0 Å². The van der Waals surface area contributed by atoms with Crippen molar-refractivity contribution in [2.45, 2.75) is 66.2 Å². The van der Waals surface area contributed by atoms with Crippen molar-refractivity contribution < 1.29 is 5.11 Å². The van der Waals surface area contributed by atoms with Crippen LogP contribution in [-0.2, 0) is 0 Å². The fourth-order valence-electron chi connectivity index (χ4n) is 2.73. The first kappa shape index (κ1) is 22.7. The number of phenols is 1. The van der Waals surface area contributed by atoms with Crippen molar-refractivity contribution in [2.24, 2.45) is 0 Å². The highest BCUT2D eigenvalue weighted by Crippen LogP contribution is 2.60. The summed E-state index contributed by atoms with van der Waals surface area (Å²) in [5.74, 6) is 0.245. The van der Waals surface area contributed by atoms with Gasteiger partial charge in [-0.3, -0.25) is 0 Å². The van der Waals surface area contributed by atoms with E-state index in [9.17, 15) is 0 Å². The van der Waals surface area contributed by atoms with Crippen LogP contribution >= 0.6 is 18.9 Å². The van der Waals surface area contributed by atoms with Gasteiger partial charge in [-0.2, -0.15) is 0 Å². The number of aromatic hydroxyl groups is 1. The van der Waals surface area contributed by atoms with Crippen molar-refractivity contribution in [1.29, 1.82) is 0 Å². The Kier molecular flexibility index (Phi) is 14.0. The lowest BCUT2D eigenvalue weighted by Crippen LogP contribution is -2.11. The van der Waals surface area contributed by atoms with Crippen molar-refractivity contribution in [2.75, 3.05) is 24.6 Å². The molecule has 0 amide bonds. The van der Waals surface area contributed by atoms with Crippen molar-refractivity contribution in [3.8, 4) is 5.75 Å². The molecule has 1 aromatic rings. The highest BCUT2D eigenvalue weighted by molar-refractivity contribution is 7.75. The van der Waals surface area contributed by atoms with Crippen molar-refractivity contribution >= 4 is 18.9 Å². The van der Waals surface area contributed by atoms with Crippen molar-refractivity contribution in [3.05, 3.63) is 29.3 Å². The van der Waals surface area contributed by atoms with Crippen LogP contribution < -0.4 is 0 Å². The lowest BCUT2D eigenvalue weighted by molar-refractivity contribution is 0.475. The molecule has 0 aliphatic carbocycles. The number of hydrogen-bond acceptors (Lipinski definition) is 1. The van der Waals surface area contributed by atoms with Gasteiger partial charge in [-0.1, -0.05) is 51.6 Å². The summed E-state index contributed by atoms with van der Waals surface area (Å²) >= 11 is 5.50. The minimum absolute atomic E-state index is 0.245. The first-order valence-corrected chi connectivity index (χ1v) is 12.2. The summed E-state index contributed by atoms with van der Waals surface area (Å²) in [6.45, 7) is 9.46. The molecule has 0 aromatic heterocycles. The maximum Gasteiger partial charge on any atom is 0.115 e. The fraction of sp³-hybridized carbons (Fsp3) is 0.700. The van der Waals surface area contributed by atoms with Gasteiger partial charge in [0.2, 0.25) is 0 Å². The molecule has 0 aliphatic rings. The predicted octanol–water partition coefficient (Wildman–Crippen LogP) is 7.47. The third-order valence-corrected chi connectivity index (χ3v) is 9.84. The number of rotatable bonds is 10. The normalized spacial score (nSPS) is 11.0. The van der Waals surface area contributed by atoms with E-state index in [1.165, 1.54) is 44.7 Å². The number of halogens is 1. The van der Waals surface area contributed by atoms with Gasteiger partial charge >= 0.3 is 0 Å². The number of phenolic OH excluding ortho intramolecular Hbond substituents is 1. The summed E-state index contributed by atoms with van der Waals surface area (Å²) < 4.78 is 0. The van der Waals surface area contributed by atoms with Crippen LogP contribution in [0.5, 0.6) is 5.75 Å². The second-order valence-corrected chi connectivity index (χ2v) is 11.5. The Morgan fingerprint density at radius 3 is 1.43 bits per heavy atom. The van der Waals surface area contributed by atoms with E-state index in [1.807, 2.05) is 0 Å². The smallest absolute Gasteiger partial charge is 0.115 e. The molecule has 0 fully saturated rings. The third kappa shape index (κ3) is 11.0. The first-order chi connectivity index (χ1) is 11.0. The second kappa shape index (κ2) is 14.1. The zero-order valence-corrected chi connectivity index (χ0v) is 17.3. The summed E-state index contributed by atoms with van der Waals surface area (Å²) in [6.07, 6.45) is 14.9. The number of unbranched alkanes of at least 4 members (excludes halogenated alkanes) is 3. The maximum absolute atomic E-state index is 8.70. The molecule has 0 radical (unpaired) electrons. The molecule has 1 nitrogen and oxygen atoms in total. The molecule has 134 valence electrons. The Bertz CT molecular complexity index is 335. The van der Waals surface area contributed by atoms with Crippen LogP contribution in [0, 0.1) is 0 Å². The van der Waals surface area contributed by atoms with Crippen LogP contribution in [0.3, 0.4) is 0 Å². The van der Waals surface area contributed by atoms with E-state index in [2.05, 4.69) is 27.7 Å². The van der Waals surface area contributed by atoms with Crippen LogP contribution in [0.1, 0.15) is 66.2 Å². The SMILES string of the molecule is CCCC[P+](CC)(CCCC)CCCC.Oc1ccc(Cl)cc1. The summed E-state index contributed by atoms with van der Waals surface area (Å²) in [6, 6.07) is 6.36. The average Bonchev–Trinajstić information content (AvgIpc) is 2.58. The van der Waals surface area contributed by atoms with Gasteiger partial charge in [-0.15, -0.1) is 0 Å². The Morgan fingerprint density at radius 2 is 1.17 bits per heavy atom. The zero-order chi connectivity index (χ0) is 17.6. The molecule has 0 unspecified atom stereocenters. The number of hydrogen-bond donors (Lipinski definition) is 1. The molecule has 1 aromatic carbocycles. The Balaban J connectivity index is 0.000000502. The molecule has 0 heterocycles. The van der Waals surface area contributed by atoms with Gasteiger partial charge < -0.3 is 5.11 Å². The molecular weight excluding hydrogens is 323 g/mol. The summed E-state index contributed by atoms with van der Waals surface area (Å²) in [5.41, 5.74) is 0. The first-order valence-electron chi connectivity index (χ1n) is 9.33. The second-order valence-electron chi connectivity index (χ2n) is 6.37. The summed E-state index contributed by atoms with van der Waals surface area (Å²) in [5, 5.41) is 9.34. The lowest BCUT2D eigenvalue weighted by Gasteiger charge is -2.26. The predicted molar refractivity (Wildman–Crippen MR) is 110 cm³/mol. The lowest BCUT2D eigenvalue weighted by atomic mass is 10.3. The Hall–Kier alpha value is -0.260. The van der Waals surface area contributed by atoms with Gasteiger partial charge in [0.15, 0.2) is 0 Å². The molecule has 0 atom stereocenters. The summed E-state index contributed by atoms with van der Waals surface area (Å²) in [7, 11) is -0.527. The Morgan fingerprint density at radius 1 is 0.783 bits per heavy atom. The molecule has 23 heavy (non-hydrogen) atoms. The average molecular weight is 360 g/mol. The van der Waals surface area contributed by atoms with Crippen molar-refractivity contribution in [3.63, 3.8) is 0 Å². The van der Waals surface area contributed by atoms with Crippen LogP contribution in [0.25, 0.3) is 0 Å². The molecule has 3 heteroatoms. The standard InChI is InChI=1S/C14H32P.C6H5ClO/c1-5-9-12-15(8-4,13-10-6-2)14-11-7-3;7-5-1-3-6(8)4-2-5/h5-14H2,1-4H3;1-4,8H/q+1;. The minimum Gasteiger partial charge on any atom is -0.508 e. The van der Waals surface area contributed by atoms with Gasteiger partial charge in [-0.25, -0.2) is 0 Å². The van der Waals surface area contributed by atoms with E-state index < -0.39 is 7.26 Å². The van der Waals surface area contributed by atoms with Crippen LogP contribution in [0.2, 0.25) is 5.02 Å². The Labute approximate surface area is 150 Å². The van der Waals surface area contributed by atoms with Crippen LogP contribution in [0.15, 0.2) is 24.3 Å². The van der Waals surface area contributed by atoms with Crippen molar-refractivity contribution in [1.82, 2.24) is 0 Å². The zero-order valence-electron chi connectivity index (χ0n) is 15.7. The highest BCUT2D eigenvalue weighted by atomic mass is 35.5. The monoisotopic (exact) mass is 359 g/mol. The fourth-order valence-corrected chi connectivity index (χ4v) is 7.44. The maximum atomic E-state index is 8.70. The van der Waals surface area contributed by atoms with Gasteiger partial charge in [0, 0.05) is 12.3 Å². The molecule has 0 saturated carbocycles. The summed E-state index contributed by atoms with van der Waals surface area (Å²) in [4.78, 5) is 0. The number of benzene rings is 1. The molecular formula is C20H37ClOP+. The molecule has 0 spiro atoms. The van der Waals surface area contributed by atoms with E-state index in [0.29, 0.717) is 5.02 Å². The topological polar surface area (TPSA) is 20.2 Å².